The normalized spacial score (nSPS) is 16.5. The third-order valence-corrected chi connectivity index (χ3v) is 10.4. The lowest BCUT2D eigenvalue weighted by Crippen LogP contribution is -2.42. The van der Waals surface area contributed by atoms with E-state index < -0.39 is 32.3 Å². The lowest BCUT2D eigenvalue weighted by molar-refractivity contribution is -0.117. The summed E-state index contributed by atoms with van der Waals surface area (Å²) in [7, 11) is -2.07. The van der Waals surface area contributed by atoms with Gasteiger partial charge in [0.05, 0.1) is 18.0 Å². The number of anilines is 1. The number of amides is 2. The maximum atomic E-state index is 14.0. The third kappa shape index (κ3) is 5.05. The predicted molar refractivity (Wildman–Crippen MR) is 124 cm³/mol. The van der Waals surface area contributed by atoms with E-state index in [1.165, 1.54) is 18.2 Å². The monoisotopic (exact) mass is 457 g/mol. The molecule has 0 radical (unpaired) electrons. The van der Waals surface area contributed by atoms with Gasteiger partial charge in [-0.25, -0.2) is 14.2 Å². The molecule has 0 aromatic heterocycles. The van der Waals surface area contributed by atoms with Crippen LogP contribution in [-0.4, -0.2) is 37.3 Å². The fraction of sp³-hybridized carbons (Fsp3) is 0.348. The van der Waals surface area contributed by atoms with Gasteiger partial charge in [-0.2, -0.15) is 0 Å². The molecule has 3 N–H and O–H groups in total. The molecule has 0 aliphatic carbocycles. The molecule has 0 saturated heterocycles. The summed E-state index contributed by atoms with van der Waals surface area (Å²) in [6.45, 7) is 11.0. The summed E-state index contributed by atoms with van der Waals surface area (Å²) in [5.41, 5.74) is 2.53. The van der Waals surface area contributed by atoms with Crippen LogP contribution in [0.1, 0.15) is 37.5 Å². The number of nitrogens with zero attached hydrogens (tertiary/aromatic N) is 1. The molecule has 2 aromatic rings. The Labute approximate surface area is 187 Å². The van der Waals surface area contributed by atoms with Crippen molar-refractivity contribution in [2.45, 2.75) is 51.7 Å². The maximum Gasteiger partial charge on any atom is 0.406 e. The molecule has 1 unspecified atom stereocenters. The number of carbonyl (C=O) groups excluding carboxylic acids is 1. The maximum absolute atomic E-state index is 14.0. The van der Waals surface area contributed by atoms with Crippen molar-refractivity contribution in [2.24, 2.45) is 4.99 Å². The second-order valence-corrected chi connectivity index (χ2v) is 14.0. The highest BCUT2D eigenvalue weighted by molar-refractivity contribution is 6.74. The highest BCUT2D eigenvalue weighted by Gasteiger charge is 2.37. The van der Waals surface area contributed by atoms with Crippen LogP contribution in [0, 0.1) is 5.82 Å². The van der Waals surface area contributed by atoms with Gasteiger partial charge in [0.1, 0.15) is 5.82 Å². The summed E-state index contributed by atoms with van der Waals surface area (Å²) in [6, 6.07) is 11.2. The van der Waals surface area contributed by atoms with Crippen LogP contribution in [0.25, 0.3) is 0 Å². The van der Waals surface area contributed by atoms with Crippen molar-refractivity contribution < 1.29 is 23.5 Å². The Morgan fingerprint density at radius 2 is 1.94 bits per heavy atom. The molecule has 0 saturated carbocycles. The molecular formula is C23H28FN3O4Si. The van der Waals surface area contributed by atoms with E-state index in [1.807, 2.05) is 12.1 Å². The summed E-state index contributed by atoms with van der Waals surface area (Å²) in [6.07, 6.45) is -2.77. The quantitative estimate of drug-likeness (QED) is 0.565. The van der Waals surface area contributed by atoms with Gasteiger partial charge in [-0.15, -0.1) is 0 Å². The molecule has 32 heavy (non-hydrogen) atoms. The van der Waals surface area contributed by atoms with Crippen LogP contribution >= 0.6 is 0 Å². The Balaban J connectivity index is 2.09. The second kappa shape index (κ2) is 8.83. The van der Waals surface area contributed by atoms with E-state index in [0.717, 1.165) is 5.56 Å². The molecular weight excluding hydrogens is 429 g/mol. The molecule has 0 bridgehead atoms. The molecule has 9 heteroatoms. The molecule has 1 atom stereocenters. The summed E-state index contributed by atoms with van der Waals surface area (Å²) < 4.78 is 20.3. The topological polar surface area (TPSA) is 100 Å². The lowest BCUT2D eigenvalue weighted by Gasteiger charge is -2.36. The van der Waals surface area contributed by atoms with E-state index in [4.69, 9.17) is 9.53 Å². The highest BCUT2D eigenvalue weighted by atomic mass is 28.4. The van der Waals surface area contributed by atoms with Crippen molar-refractivity contribution in [1.82, 2.24) is 5.32 Å². The molecule has 1 aliphatic rings. The Kier molecular flexibility index (Phi) is 6.52. The van der Waals surface area contributed by atoms with Gasteiger partial charge in [-0.1, -0.05) is 51.1 Å². The average Bonchev–Trinajstić information content (AvgIpc) is 2.82. The number of hydrogen-bond donors (Lipinski definition) is 3. The summed E-state index contributed by atoms with van der Waals surface area (Å²) in [5.74, 6) is -1.09. The minimum Gasteiger partial charge on any atom is -0.465 e. The molecule has 1 heterocycles. The SMILES string of the molecule is CC(C)(C)[Si](C)(C)OCc1cccc2c1NC(=O)C(NC(=O)O)N=C2c1cccc(F)c1. The number of benzodiazepines with no additional fused rings is 1. The number of hydrogen-bond acceptors (Lipinski definition) is 4. The van der Waals surface area contributed by atoms with Crippen molar-refractivity contribution in [3.05, 3.63) is 65.0 Å². The van der Waals surface area contributed by atoms with Crippen LogP contribution in [0.15, 0.2) is 47.5 Å². The Morgan fingerprint density at radius 1 is 1.25 bits per heavy atom. The number of benzene rings is 2. The molecule has 1 aliphatic heterocycles. The van der Waals surface area contributed by atoms with Gasteiger partial charge in [0.2, 0.25) is 6.17 Å². The van der Waals surface area contributed by atoms with Gasteiger partial charge in [0, 0.05) is 16.7 Å². The first-order chi connectivity index (χ1) is 14.9. The molecule has 3 rings (SSSR count). The number of carboxylic acid groups (broad SMARTS) is 1. The van der Waals surface area contributed by atoms with E-state index in [2.05, 4.69) is 49.5 Å². The second-order valence-electron chi connectivity index (χ2n) is 9.22. The van der Waals surface area contributed by atoms with Gasteiger partial charge in [0.15, 0.2) is 8.32 Å². The molecule has 2 aromatic carbocycles. The van der Waals surface area contributed by atoms with E-state index >= 15 is 0 Å². The predicted octanol–water partition coefficient (Wildman–Crippen LogP) is 4.73. The van der Waals surface area contributed by atoms with E-state index in [0.29, 0.717) is 22.5 Å². The van der Waals surface area contributed by atoms with E-state index in [9.17, 15) is 14.0 Å². The summed E-state index contributed by atoms with van der Waals surface area (Å²) in [5, 5.41) is 14.1. The molecule has 170 valence electrons. The lowest BCUT2D eigenvalue weighted by atomic mass is 9.98. The van der Waals surface area contributed by atoms with Crippen molar-refractivity contribution in [3.8, 4) is 0 Å². The number of nitrogens with one attached hydrogen (secondary N) is 2. The van der Waals surface area contributed by atoms with Crippen LogP contribution in [0.5, 0.6) is 0 Å². The summed E-state index contributed by atoms with van der Waals surface area (Å²) in [4.78, 5) is 28.4. The van der Waals surface area contributed by atoms with Gasteiger partial charge < -0.3 is 14.8 Å². The third-order valence-electron chi connectivity index (χ3n) is 5.91. The van der Waals surface area contributed by atoms with Crippen molar-refractivity contribution in [2.75, 3.05) is 5.32 Å². The Hall–Kier alpha value is -3.04. The van der Waals surface area contributed by atoms with Crippen LogP contribution in [0.4, 0.5) is 14.9 Å². The number of halogens is 1. The van der Waals surface area contributed by atoms with Gasteiger partial charge in [-0.3, -0.25) is 10.1 Å². The standard InChI is InChI=1S/C23H28FN3O4Si/c1-23(2,3)32(4,5)31-13-15-9-7-11-17-18(14-8-6-10-16(24)12-14)25-20(27-22(29)30)21(28)26-19(15)17/h6-12,20,27H,13H2,1-5H3,(H,26,28)(H,29,30). The van der Waals surface area contributed by atoms with Gasteiger partial charge in [0.25, 0.3) is 5.91 Å². The Bertz CT molecular complexity index is 1080. The Morgan fingerprint density at radius 3 is 2.56 bits per heavy atom. The average molecular weight is 458 g/mol. The fourth-order valence-corrected chi connectivity index (χ4v) is 4.02. The molecule has 2 amide bonds. The first-order valence-electron chi connectivity index (χ1n) is 10.3. The van der Waals surface area contributed by atoms with E-state index in [1.54, 1.807) is 12.1 Å². The van der Waals surface area contributed by atoms with Crippen LogP contribution in [0.3, 0.4) is 0 Å². The summed E-state index contributed by atoms with van der Waals surface area (Å²) >= 11 is 0. The number of para-hydroxylation sites is 1. The highest BCUT2D eigenvalue weighted by Crippen LogP contribution is 2.38. The number of fused-ring (bicyclic) bond motifs is 1. The van der Waals surface area contributed by atoms with Crippen molar-refractivity contribution >= 4 is 31.7 Å². The van der Waals surface area contributed by atoms with Gasteiger partial charge >= 0.3 is 6.09 Å². The number of carbonyl (C=O) groups is 2. The van der Waals surface area contributed by atoms with Crippen LogP contribution in [-0.2, 0) is 15.8 Å². The largest absolute Gasteiger partial charge is 0.465 e. The van der Waals surface area contributed by atoms with Crippen LogP contribution < -0.4 is 10.6 Å². The number of rotatable bonds is 5. The van der Waals surface area contributed by atoms with Gasteiger partial charge in [-0.05, 0) is 30.3 Å². The molecule has 0 fully saturated rings. The minimum absolute atomic E-state index is 0.00661. The smallest absolute Gasteiger partial charge is 0.406 e. The van der Waals surface area contributed by atoms with Crippen LogP contribution in [0.2, 0.25) is 18.1 Å². The van der Waals surface area contributed by atoms with E-state index in [-0.39, 0.29) is 11.6 Å². The van der Waals surface area contributed by atoms with Crippen molar-refractivity contribution in [1.29, 1.82) is 0 Å². The zero-order chi connectivity index (χ0) is 23.7. The first kappa shape index (κ1) is 23.6. The van der Waals surface area contributed by atoms with Crippen molar-refractivity contribution in [3.63, 3.8) is 0 Å². The first-order valence-corrected chi connectivity index (χ1v) is 13.2. The minimum atomic E-state index is -2.07. The fourth-order valence-electron chi connectivity index (χ4n) is 3.07. The molecule has 0 spiro atoms. The molecule has 7 nitrogen and oxygen atoms in total. The zero-order valence-electron chi connectivity index (χ0n) is 18.8. The number of aliphatic imine (C=N–C) groups is 1. The zero-order valence-corrected chi connectivity index (χ0v) is 19.8.